The van der Waals surface area contributed by atoms with Crippen molar-refractivity contribution in [2.45, 2.75) is 38.6 Å². The van der Waals surface area contributed by atoms with Crippen molar-refractivity contribution in [1.29, 1.82) is 0 Å². The topological polar surface area (TPSA) is 3.24 Å². The van der Waals surface area contributed by atoms with E-state index in [0.717, 1.165) is 17.3 Å². The highest BCUT2D eigenvalue weighted by Gasteiger charge is 2.11. The number of hydrogen-bond acceptors (Lipinski definition) is 2. The van der Waals surface area contributed by atoms with E-state index in [1.165, 1.54) is 31.2 Å². The lowest BCUT2D eigenvalue weighted by atomic mass is 10.1. The first-order valence-electron chi connectivity index (χ1n) is 6.71. The number of rotatable bonds is 8. The molecule has 0 aliphatic heterocycles. The summed E-state index contributed by atoms with van der Waals surface area (Å²) in [4.78, 5) is 2.40. The Hall–Kier alpha value is -0.180. The fourth-order valence-electron chi connectivity index (χ4n) is 2.04. The quantitative estimate of drug-likeness (QED) is 0.529. The smallest absolute Gasteiger partial charge is 0.0409 e. The molecule has 0 fully saturated rings. The summed E-state index contributed by atoms with van der Waals surface area (Å²) in [5, 5.41) is 0.821. The molecule has 0 saturated heterocycles. The van der Waals surface area contributed by atoms with Crippen molar-refractivity contribution in [3.05, 3.63) is 34.9 Å². The minimum absolute atomic E-state index is 0.425. The van der Waals surface area contributed by atoms with Gasteiger partial charge < -0.3 is 0 Å². The summed E-state index contributed by atoms with van der Waals surface area (Å²) in [5.74, 6) is 1.01. The molecule has 102 valence electrons. The third-order valence-electron chi connectivity index (χ3n) is 3.41. The average molecular weight is 286 g/mol. The van der Waals surface area contributed by atoms with E-state index in [4.69, 9.17) is 11.6 Å². The van der Waals surface area contributed by atoms with Crippen LogP contribution in [0.25, 0.3) is 0 Å². The number of unbranched alkanes of at least 4 members (excludes halogenated alkanes) is 3. The van der Waals surface area contributed by atoms with Gasteiger partial charge in [-0.05, 0) is 56.8 Å². The molecule has 0 saturated carbocycles. The van der Waals surface area contributed by atoms with Crippen molar-refractivity contribution >= 4 is 24.2 Å². The van der Waals surface area contributed by atoms with E-state index in [2.05, 4.69) is 43.6 Å². The lowest BCUT2D eigenvalue weighted by Gasteiger charge is -2.25. The van der Waals surface area contributed by atoms with Crippen molar-refractivity contribution in [3.63, 3.8) is 0 Å². The van der Waals surface area contributed by atoms with Crippen molar-refractivity contribution in [2.24, 2.45) is 0 Å². The first kappa shape index (κ1) is 15.9. The van der Waals surface area contributed by atoms with Crippen LogP contribution < -0.4 is 0 Å². The lowest BCUT2D eigenvalue weighted by Crippen LogP contribution is -2.23. The van der Waals surface area contributed by atoms with E-state index in [-0.39, 0.29) is 0 Å². The molecule has 0 aliphatic carbocycles. The minimum Gasteiger partial charge on any atom is -0.300 e. The van der Waals surface area contributed by atoms with E-state index in [1.54, 1.807) is 0 Å². The molecule has 0 spiro atoms. The fraction of sp³-hybridized carbons (Fsp3) is 0.600. The van der Waals surface area contributed by atoms with Crippen LogP contribution in [0, 0.1) is 0 Å². The van der Waals surface area contributed by atoms with Crippen molar-refractivity contribution in [3.8, 4) is 0 Å². The van der Waals surface area contributed by atoms with Crippen molar-refractivity contribution in [2.75, 3.05) is 19.3 Å². The summed E-state index contributed by atoms with van der Waals surface area (Å²) in [6.07, 6.45) is 5.09. The highest BCUT2D eigenvalue weighted by atomic mass is 35.5. The van der Waals surface area contributed by atoms with Crippen LogP contribution in [0.2, 0.25) is 5.02 Å². The summed E-state index contributed by atoms with van der Waals surface area (Å²) in [5.41, 5.74) is 1.29. The van der Waals surface area contributed by atoms with Gasteiger partial charge >= 0.3 is 0 Å². The zero-order chi connectivity index (χ0) is 13.4. The molecule has 3 heteroatoms. The maximum Gasteiger partial charge on any atom is 0.0409 e. The summed E-state index contributed by atoms with van der Waals surface area (Å²) in [7, 11) is 2.18. The molecule has 0 aliphatic rings. The predicted molar refractivity (Wildman–Crippen MR) is 84.8 cm³/mol. The molecule has 1 aromatic rings. The molecule has 1 aromatic carbocycles. The minimum atomic E-state index is 0.425. The zero-order valence-electron chi connectivity index (χ0n) is 11.4. The van der Waals surface area contributed by atoms with Gasteiger partial charge in [-0.15, -0.1) is 0 Å². The highest BCUT2D eigenvalue weighted by molar-refractivity contribution is 7.80. The van der Waals surface area contributed by atoms with Crippen LogP contribution in [-0.2, 0) is 0 Å². The maximum atomic E-state index is 6.03. The van der Waals surface area contributed by atoms with Crippen molar-refractivity contribution < 1.29 is 0 Å². The van der Waals surface area contributed by atoms with E-state index >= 15 is 0 Å². The summed E-state index contributed by atoms with van der Waals surface area (Å²) in [6, 6.07) is 8.58. The summed E-state index contributed by atoms with van der Waals surface area (Å²) < 4.78 is 0. The molecule has 0 heterocycles. The molecule has 0 amide bonds. The van der Waals surface area contributed by atoms with E-state index in [0.29, 0.717) is 6.04 Å². The van der Waals surface area contributed by atoms with Gasteiger partial charge in [0.15, 0.2) is 0 Å². The fourth-order valence-corrected chi connectivity index (χ4v) is 2.46. The van der Waals surface area contributed by atoms with Gasteiger partial charge in [-0.3, -0.25) is 4.90 Å². The Labute approximate surface area is 122 Å². The third-order valence-corrected chi connectivity index (χ3v) is 3.96. The highest BCUT2D eigenvalue weighted by Crippen LogP contribution is 2.22. The van der Waals surface area contributed by atoms with Crippen LogP contribution in [0.1, 0.15) is 44.2 Å². The van der Waals surface area contributed by atoms with Gasteiger partial charge in [-0.1, -0.05) is 36.6 Å². The van der Waals surface area contributed by atoms with Crippen LogP contribution in [0.5, 0.6) is 0 Å². The number of benzene rings is 1. The summed E-state index contributed by atoms with van der Waals surface area (Å²) >= 11 is 10.3. The SMILES string of the molecule is CC(c1cccc(Cl)c1)N(C)CCCCCCS. The second-order valence-electron chi connectivity index (χ2n) is 4.85. The van der Waals surface area contributed by atoms with Gasteiger partial charge in [-0.2, -0.15) is 12.6 Å². The summed E-state index contributed by atoms with van der Waals surface area (Å²) in [6.45, 7) is 3.37. The molecule has 0 radical (unpaired) electrons. The molecule has 1 atom stereocenters. The van der Waals surface area contributed by atoms with Gasteiger partial charge in [0.05, 0.1) is 0 Å². The number of hydrogen-bond donors (Lipinski definition) is 1. The maximum absolute atomic E-state index is 6.03. The van der Waals surface area contributed by atoms with Crippen LogP contribution >= 0.6 is 24.2 Å². The molecule has 0 aromatic heterocycles. The van der Waals surface area contributed by atoms with Crippen LogP contribution in [0.4, 0.5) is 0 Å². The molecule has 1 nitrogen and oxygen atoms in total. The van der Waals surface area contributed by atoms with Gasteiger partial charge in [0.25, 0.3) is 0 Å². The molecule has 18 heavy (non-hydrogen) atoms. The predicted octanol–water partition coefficient (Wildman–Crippen LogP) is 4.82. The Bertz CT molecular complexity index is 343. The first-order chi connectivity index (χ1) is 8.65. The zero-order valence-corrected chi connectivity index (χ0v) is 13.1. The van der Waals surface area contributed by atoms with E-state index in [1.807, 2.05) is 12.1 Å². The molecule has 1 unspecified atom stereocenters. The standard InChI is InChI=1S/C15H24ClNS/c1-13(14-8-7-9-15(16)12-14)17(2)10-5-3-4-6-11-18/h7-9,12-13,18H,3-6,10-11H2,1-2H3. The Morgan fingerprint density at radius 1 is 1.22 bits per heavy atom. The van der Waals surface area contributed by atoms with Crippen LogP contribution in [0.3, 0.4) is 0 Å². The Morgan fingerprint density at radius 3 is 2.61 bits per heavy atom. The van der Waals surface area contributed by atoms with Crippen LogP contribution in [-0.4, -0.2) is 24.2 Å². The first-order valence-corrected chi connectivity index (χ1v) is 7.72. The monoisotopic (exact) mass is 285 g/mol. The number of nitrogens with zero attached hydrogens (tertiary/aromatic N) is 1. The normalized spacial score (nSPS) is 12.9. The van der Waals surface area contributed by atoms with Gasteiger partial charge in [0.1, 0.15) is 0 Å². The largest absolute Gasteiger partial charge is 0.300 e. The molecular weight excluding hydrogens is 262 g/mol. The number of halogens is 1. The third kappa shape index (κ3) is 5.64. The Morgan fingerprint density at radius 2 is 1.94 bits per heavy atom. The molecule has 0 bridgehead atoms. The second kappa shape index (κ2) is 8.84. The molecule has 0 N–H and O–H groups in total. The van der Waals surface area contributed by atoms with Gasteiger partial charge in [0, 0.05) is 11.1 Å². The Balaban J connectivity index is 2.34. The van der Waals surface area contributed by atoms with Gasteiger partial charge in [0.2, 0.25) is 0 Å². The molecule has 1 rings (SSSR count). The van der Waals surface area contributed by atoms with E-state index in [9.17, 15) is 0 Å². The van der Waals surface area contributed by atoms with Crippen molar-refractivity contribution in [1.82, 2.24) is 4.90 Å². The van der Waals surface area contributed by atoms with E-state index < -0.39 is 0 Å². The molecular formula is C15H24ClNS. The Kier molecular flexibility index (Phi) is 7.80. The number of thiol groups is 1. The van der Waals surface area contributed by atoms with Gasteiger partial charge in [-0.25, -0.2) is 0 Å². The average Bonchev–Trinajstić information content (AvgIpc) is 2.37. The van der Waals surface area contributed by atoms with Crippen LogP contribution in [0.15, 0.2) is 24.3 Å². The lowest BCUT2D eigenvalue weighted by molar-refractivity contribution is 0.255. The second-order valence-corrected chi connectivity index (χ2v) is 5.73.